The van der Waals surface area contributed by atoms with Crippen molar-refractivity contribution in [2.24, 2.45) is 5.73 Å². The van der Waals surface area contributed by atoms with Crippen molar-refractivity contribution in [3.63, 3.8) is 0 Å². The minimum absolute atomic E-state index is 0.157. The van der Waals surface area contributed by atoms with Gasteiger partial charge in [-0.05, 0) is 20.8 Å². The molecule has 0 aromatic carbocycles. The minimum atomic E-state index is -0.512. The SMILES string of the molecule is [CH][C@@H](N)[C@H]1COC(C)(C)O1. The highest BCUT2D eigenvalue weighted by Gasteiger charge is 2.34. The summed E-state index contributed by atoms with van der Waals surface area (Å²) in [5.41, 5.74) is 5.39. The lowest BCUT2D eigenvalue weighted by atomic mass is 10.2. The third-order valence-electron chi connectivity index (χ3n) is 1.46. The summed E-state index contributed by atoms with van der Waals surface area (Å²) in [5, 5.41) is 0. The van der Waals surface area contributed by atoms with Gasteiger partial charge in [0.05, 0.1) is 12.7 Å². The van der Waals surface area contributed by atoms with E-state index in [1.54, 1.807) is 0 Å². The van der Waals surface area contributed by atoms with E-state index < -0.39 is 11.8 Å². The molecule has 0 aromatic rings. The molecule has 0 saturated carbocycles. The predicted molar refractivity (Wildman–Crippen MR) is 37.2 cm³/mol. The van der Waals surface area contributed by atoms with Crippen LogP contribution in [0.4, 0.5) is 0 Å². The van der Waals surface area contributed by atoms with Gasteiger partial charge in [-0.3, -0.25) is 0 Å². The molecule has 1 aliphatic rings. The largest absolute Gasteiger partial charge is 0.348 e. The number of ether oxygens (including phenoxy) is 2. The first-order valence-corrected chi connectivity index (χ1v) is 3.34. The highest BCUT2D eigenvalue weighted by Crippen LogP contribution is 2.22. The number of rotatable bonds is 1. The van der Waals surface area contributed by atoms with Gasteiger partial charge in [-0.15, -0.1) is 0 Å². The lowest BCUT2D eigenvalue weighted by Crippen LogP contribution is -2.35. The Labute approximate surface area is 61.5 Å². The second-order valence-electron chi connectivity index (χ2n) is 2.94. The predicted octanol–water partition coefficient (Wildman–Crippen LogP) is 0.176. The molecule has 0 spiro atoms. The van der Waals surface area contributed by atoms with Gasteiger partial charge in [-0.25, -0.2) is 0 Å². The van der Waals surface area contributed by atoms with Crippen molar-refractivity contribution in [1.29, 1.82) is 0 Å². The van der Waals surface area contributed by atoms with E-state index in [-0.39, 0.29) is 6.10 Å². The van der Waals surface area contributed by atoms with Crippen LogP contribution in [0.25, 0.3) is 0 Å². The molecule has 2 N–H and O–H groups in total. The van der Waals surface area contributed by atoms with E-state index >= 15 is 0 Å². The zero-order chi connectivity index (χ0) is 7.78. The first kappa shape index (κ1) is 7.98. The topological polar surface area (TPSA) is 44.5 Å². The van der Waals surface area contributed by atoms with E-state index in [4.69, 9.17) is 22.1 Å². The zero-order valence-corrected chi connectivity index (χ0v) is 6.33. The Morgan fingerprint density at radius 1 is 1.70 bits per heavy atom. The molecular formula is C7H13NO2. The summed E-state index contributed by atoms with van der Waals surface area (Å²) in [7, 11) is 0. The molecule has 58 valence electrons. The van der Waals surface area contributed by atoms with Gasteiger partial charge >= 0.3 is 0 Å². The maximum Gasteiger partial charge on any atom is 0.163 e. The van der Waals surface area contributed by atoms with Crippen molar-refractivity contribution < 1.29 is 9.47 Å². The van der Waals surface area contributed by atoms with Gasteiger partial charge in [-0.1, -0.05) is 0 Å². The standard InChI is InChI=1S/C7H13NO2/c1-5(8)6-4-9-7(2,3)10-6/h1,5-6H,4,8H2,2-3H3/t5-,6-/m1/s1. The first-order chi connectivity index (χ1) is 4.51. The summed E-state index contributed by atoms with van der Waals surface area (Å²) >= 11 is 0. The zero-order valence-electron chi connectivity index (χ0n) is 6.33. The number of hydrogen-bond acceptors (Lipinski definition) is 3. The molecule has 3 nitrogen and oxygen atoms in total. The van der Waals surface area contributed by atoms with E-state index in [1.165, 1.54) is 0 Å². The summed E-state index contributed by atoms with van der Waals surface area (Å²) in [6, 6.07) is -0.443. The average molecular weight is 143 g/mol. The second-order valence-corrected chi connectivity index (χ2v) is 2.94. The van der Waals surface area contributed by atoms with Gasteiger partial charge in [-0.2, -0.15) is 0 Å². The van der Waals surface area contributed by atoms with E-state index in [1.807, 2.05) is 13.8 Å². The van der Waals surface area contributed by atoms with Crippen molar-refractivity contribution in [3.05, 3.63) is 6.92 Å². The maximum absolute atomic E-state index is 5.39. The molecule has 1 fully saturated rings. The van der Waals surface area contributed by atoms with E-state index in [9.17, 15) is 0 Å². The molecule has 1 saturated heterocycles. The summed E-state index contributed by atoms with van der Waals surface area (Å²) in [6.45, 7) is 9.57. The third-order valence-corrected chi connectivity index (χ3v) is 1.46. The Hall–Kier alpha value is -0.120. The third kappa shape index (κ3) is 1.68. The molecule has 10 heavy (non-hydrogen) atoms. The fraction of sp³-hybridized carbons (Fsp3) is 0.857. The highest BCUT2D eigenvalue weighted by atomic mass is 16.7. The molecule has 1 heterocycles. The normalized spacial score (nSPS) is 34.2. The summed E-state index contributed by atoms with van der Waals surface area (Å²) < 4.78 is 10.6. The van der Waals surface area contributed by atoms with Crippen molar-refractivity contribution in [1.82, 2.24) is 0 Å². The van der Waals surface area contributed by atoms with Crippen molar-refractivity contribution >= 4 is 0 Å². The van der Waals surface area contributed by atoms with Gasteiger partial charge in [0.25, 0.3) is 0 Å². The monoisotopic (exact) mass is 143 g/mol. The Bertz CT molecular complexity index is 123. The average Bonchev–Trinajstić information content (AvgIpc) is 2.10. The molecule has 0 aromatic heterocycles. The van der Waals surface area contributed by atoms with Crippen molar-refractivity contribution in [2.45, 2.75) is 31.8 Å². The second kappa shape index (κ2) is 2.49. The molecule has 0 aliphatic carbocycles. The van der Waals surface area contributed by atoms with Crippen LogP contribution in [-0.4, -0.2) is 24.5 Å². The van der Waals surface area contributed by atoms with Crippen molar-refractivity contribution in [3.8, 4) is 0 Å². The maximum atomic E-state index is 5.39. The molecule has 1 aliphatic heterocycles. The lowest BCUT2D eigenvalue weighted by molar-refractivity contribution is -0.139. The Morgan fingerprint density at radius 3 is 2.50 bits per heavy atom. The summed E-state index contributed by atoms with van der Waals surface area (Å²) in [4.78, 5) is 0. The fourth-order valence-electron chi connectivity index (χ4n) is 0.905. The summed E-state index contributed by atoms with van der Waals surface area (Å²) in [6.07, 6.45) is -0.157. The molecule has 1 rings (SSSR count). The van der Waals surface area contributed by atoms with Crippen molar-refractivity contribution in [2.75, 3.05) is 6.61 Å². The van der Waals surface area contributed by atoms with Crippen LogP contribution in [0.15, 0.2) is 0 Å². The van der Waals surface area contributed by atoms with Gasteiger partial charge in [0.15, 0.2) is 5.79 Å². The Morgan fingerprint density at radius 2 is 2.30 bits per heavy atom. The van der Waals surface area contributed by atoms with Gasteiger partial charge < -0.3 is 15.2 Å². The summed E-state index contributed by atoms with van der Waals surface area (Å²) in [5.74, 6) is -0.512. The van der Waals surface area contributed by atoms with Gasteiger partial charge in [0.2, 0.25) is 0 Å². The smallest absolute Gasteiger partial charge is 0.163 e. The highest BCUT2D eigenvalue weighted by molar-refractivity contribution is 4.81. The molecule has 0 unspecified atom stereocenters. The van der Waals surface area contributed by atoms with E-state index in [2.05, 4.69) is 0 Å². The van der Waals surface area contributed by atoms with E-state index in [0.29, 0.717) is 6.61 Å². The van der Waals surface area contributed by atoms with E-state index in [0.717, 1.165) is 0 Å². The van der Waals surface area contributed by atoms with Crippen LogP contribution in [0.3, 0.4) is 0 Å². The van der Waals surface area contributed by atoms with Crippen LogP contribution in [0.1, 0.15) is 13.8 Å². The fourth-order valence-corrected chi connectivity index (χ4v) is 0.905. The molecular weight excluding hydrogens is 130 g/mol. The molecule has 2 radical (unpaired) electrons. The first-order valence-electron chi connectivity index (χ1n) is 3.34. The number of nitrogens with two attached hydrogens (primary N) is 1. The Balaban J connectivity index is 2.43. The van der Waals surface area contributed by atoms with Crippen LogP contribution in [-0.2, 0) is 9.47 Å². The number of hydrogen-bond donors (Lipinski definition) is 1. The van der Waals surface area contributed by atoms with Gasteiger partial charge in [0, 0.05) is 6.04 Å². The minimum Gasteiger partial charge on any atom is -0.348 e. The van der Waals surface area contributed by atoms with Crippen LogP contribution >= 0.6 is 0 Å². The lowest BCUT2D eigenvalue weighted by Gasteiger charge is -2.18. The van der Waals surface area contributed by atoms with Gasteiger partial charge in [0.1, 0.15) is 0 Å². The van der Waals surface area contributed by atoms with Crippen LogP contribution in [0.2, 0.25) is 0 Å². The molecule has 3 heteroatoms. The molecule has 0 amide bonds. The van der Waals surface area contributed by atoms with Crippen LogP contribution in [0, 0.1) is 6.92 Å². The molecule has 0 bridgehead atoms. The Kier molecular flexibility index (Phi) is 1.99. The quantitative estimate of drug-likeness (QED) is 0.569. The van der Waals surface area contributed by atoms with Crippen LogP contribution < -0.4 is 5.73 Å². The molecule has 2 atom stereocenters. The van der Waals surface area contributed by atoms with Crippen LogP contribution in [0.5, 0.6) is 0 Å².